The van der Waals surface area contributed by atoms with E-state index in [0.29, 0.717) is 26.1 Å². The molecule has 0 aromatic heterocycles. The number of hydrogen-bond donors (Lipinski definition) is 1. The summed E-state index contributed by atoms with van der Waals surface area (Å²) in [5.41, 5.74) is 1.80. The Balaban J connectivity index is 2.88. The molecule has 0 spiro atoms. The number of halogens is 1. The van der Waals surface area contributed by atoms with E-state index < -0.39 is 11.9 Å². The van der Waals surface area contributed by atoms with Gasteiger partial charge in [-0.2, -0.15) is 0 Å². The monoisotopic (exact) mass is 356 g/mol. The van der Waals surface area contributed by atoms with Crippen LogP contribution in [0.4, 0.5) is 0 Å². The van der Waals surface area contributed by atoms with Crippen molar-refractivity contribution in [1.82, 2.24) is 0 Å². The average Bonchev–Trinajstić information content (AvgIpc) is 2.44. The second kappa shape index (κ2) is 8.95. The molecule has 1 rings (SSSR count). The number of hydrogen-bond acceptors (Lipinski definition) is 3. The van der Waals surface area contributed by atoms with E-state index in [1.165, 1.54) is 0 Å². The van der Waals surface area contributed by atoms with Crippen molar-refractivity contribution in [1.29, 1.82) is 0 Å². The number of carboxylic acids is 1. The molecule has 1 atom stereocenters. The zero-order chi connectivity index (χ0) is 15.8. The third-order valence-corrected chi connectivity index (χ3v) is 3.97. The molecular weight excluding hydrogens is 336 g/mol. The fourth-order valence-electron chi connectivity index (χ4n) is 2.07. The topological polar surface area (TPSA) is 63.6 Å². The summed E-state index contributed by atoms with van der Waals surface area (Å²) in [6.07, 6.45) is 1.19. The van der Waals surface area contributed by atoms with E-state index in [9.17, 15) is 14.7 Å². The molecule has 21 heavy (non-hydrogen) atoms. The van der Waals surface area contributed by atoms with E-state index in [1.54, 1.807) is 0 Å². The van der Waals surface area contributed by atoms with Gasteiger partial charge >= 0.3 is 5.97 Å². The molecule has 116 valence electrons. The summed E-state index contributed by atoms with van der Waals surface area (Å²) in [5.74, 6) is -2.23. The molecule has 0 aliphatic rings. The molecule has 1 N–H and O–H groups in total. The van der Waals surface area contributed by atoms with Crippen LogP contribution in [0.1, 0.15) is 37.8 Å². The summed E-state index contributed by atoms with van der Waals surface area (Å²) in [7, 11) is 0. The van der Waals surface area contributed by atoms with Gasteiger partial charge in [0.05, 0.1) is 6.61 Å². The highest BCUT2D eigenvalue weighted by atomic mass is 79.9. The van der Waals surface area contributed by atoms with Gasteiger partial charge in [0.15, 0.2) is 0 Å². The third kappa shape index (κ3) is 5.59. The number of aliphatic carboxylic acids is 1. The van der Waals surface area contributed by atoms with E-state index in [-0.39, 0.29) is 12.2 Å². The lowest BCUT2D eigenvalue weighted by Gasteiger charge is -2.13. The van der Waals surface area contributed by atoms with Gasteiger partial charge in [-0.3, -0.25) is 9.59 Å². The molecule has 1 aromatic carbocycles. The number of ketones is 1. The van der Waals surface area contributed by atoms with Crippen molar-refractivity contribution in [2.45, 2.75) is 39.7 Å². The summed E-state index contributed by atoms with van der Waals surface area (Å²) < 4.78 is 6.30. The quantitative estimate of drug-likeness (QED) is 0.686. The van der Waals surface area contributed by atoms with Crippen molar-refractivity contribution in [3.05, 3.63) is 33.8 Å². The highest BCUT2D eigenvalue weighted by molar-refractivity contribution is 9.10. The van der Waals surface area contributed by atoms with Gasteiger partial charge in [-0.25, -0.2) is 0 Å². The lowest BCUT2D eigenvalue weighted by molar-refractivity contribution is -0.146. The van der Waals surface area contributed by atoms with Gasteiger partial charge < -0.3 is 9.84 Å². The summed E-state index contributed by atoms with van der Waals surface area (Å²) in [5, 5.41) is 9.24. The van der Waals surface area contributed by atoms with Crippen LogP contribution < -0.4 is 0 Å². The number of carbonyl (C=O) groups excluding carboxylic acids is 1. The molecule has 0 saturated heterocycles. The number of rotatable bonds is 9. The van der Waals surface area contributed by atoms with Crippen LogP contribution in [0.2, 0.25) is 0 Å². The molecule has 1 unspecified atom stereocenters. The van der Waals surface area contributed by atoms with Gasteiger partial charge in [-0.1, -0.05) is 35.0 Å². The number of carboxylic acid groups (broad SMARTS) is 1. The average molecular weight is 357 g/mol. The van der Waals surface area contributed by atoms with Crippen molar-refractivity contribution in [3.8, 4) is 0 Å². The van der Waals surface area contributed by atoms with E-state index in [2.05, 4.69) is 15.9 Å². The summed E-state index contributed by atoms with van der Waals surface area (Å²) >= 11 is 3.45. The Morgan fingerprint density at radius 1 is 1.33 bits per heavy atom. The second-order valence-electron chi connectivity index (χ2n) is 4.87. The molecule has 0 heterocycles. The Hall–Kier alpha value is -1.20. The highest BCUT2D eigenvalue weighted by Gasteiger charge is 2.25. The Kier molecular flexibility index (Phi) is 7.61. The number of carbonyl (C=O) groups is 2. The molecule has 1 aromatic rings. The van der Waals surface area contributed by atoms with Crippen LogP contribution in [-0.2, 0) is 27.4 Å². The maximum Gasteiger partial charge on any atom is 0.314 e. The summed E-state index contributed by atoms with van der Waals surface area (Å²) in [6, 6.07) is 5.61. The van der Waals surface area contributed by atoms with Crippen LogP contribution in [0.25, 0.3) is 0 Å². The van der Waals surface area contributed by atoms with Gasteiger partial charge in [0, 0.05) is 17.5 Å². The molecule has 5 heteroatoms. The SMILES string of the molecule is CCCC(=O)C(Cc1ccc(Br)c(COCC)c1)C(=O)O. The Morgan fingerprint density at radius 2 is 2.05 bits per heavy atom. The number of ether oxygens (including phenoxy) is 1. The molecule has 0 radical (unpaired) electrons. The zero-order valence-electron chi connectivity index (χ0n) is 12.4. The van der Waals surface area contributed by atoms with Crippen LogP contribution >= 0.6 is 15.9 Å². The zero-order valence-corrected chi connectivity index (χ0v) is 14.0. The predicted molar refractivity (Wildman–Crippen MR) is 84.2 cm³/mol. The maximum absolute atomic E-state index is 11.9. The molecule has 0 saturated carbocycles. The fraction of sp³-hybridized carbons (Fsp3) is 0.500. The molecular formula is C16H21BrO4. The number of Topliss-reactive ketones (excluding diaryl/α,β-unsaturated/α-hetero) is 1. The molecule has 0 bridgehead atoms. The first-order valence-electron chi connectivity index (χ1n) is 7.10. The summed E-state index contributed by atoms with van der Waals surface area (Å²) in [4.78, 5) is 23.2. The van der Waals surface area contributed by atoms with E-state index >= 15 is 0 Å². The Labute approximate surface area is 133 Å². The standard InChI is InChI=1S/C16H21BrO4/c1-3-5-15(18)13(16(19)20)9-11-6-7-14(17)12(8-11)10-21-4-2/h6-8,13H,3-5,9-10H2,1-2H3,(H,19,20). The lowest BCUT2D eigenvalue weighted by Crippen LogP contribution is -2.25. The Morgan fingerprint density at radius 3 is 2.62 bits per heavy atom. The van der Waals surface area contributed by atoms with Gasteiger partial charge in [0.1, 0.15) is 11.7 Å². The van der Waals surface area contributed by atoms with Gasteiger partial charge in [-0.15, -0.1) is 0 Å². The van der Waals surface area contributed by atoms with Crippen molar-refractivity contribution in [2.24, 2.45) is 5.92 Å². The van der Waals surface area contributed by atoms with Crippen molar-refractivity contribution in [3.63, 3.8) is 0 Å². The van der Waals surface area contributed by atoms with Gasteiger partial charge in [0.25, 0.3) is 0 Å². The predicted octanol–water partition coefficient (Wildman–Crippen LogP) is 3.60. The first-order valence-corrected chi connectivity index (χ1v) is 7.89. The molecule has 0 amide bonds. The molecule has 0 fully saturated rings. The van der Waals surface area contributed by atoms with Gasteiger partial charge in [-0.05, 0) is 37.0 Å². The summed E-state index contributed by atoms with van der Waals surface area (Å²) in [6.45, 7) is 4.87. The third-order valence-electron chi connectivity index (χ3n) is 3.19. The first kappa shape index (κ1) is 17.9. The van der Waals surface area contributed by atoms with Crippen LogP contribution in [0.15, 0.2) is 22.7 Å². The van der Waals surface area contributed by atoms with E-state index in [1.807, 2.05) is 32.0 Å². The minimum Gasteiger partial charge on any atom is -0.481 e. The molecule has 0 aliphatic heterocycles. The van der Waals surface area contributed by atoms with Crippen LogP contribution in [0, 0.1) is 5.92 Å². The van der Waals surface area contributed by atoms with Crippen LogP contribution in [-0.4, -0.2) is 23.5 Å². The minimum absolute atomic E-state index is 0.209. The van der Waals surface area contributed by atoms with Crippen molar-refractivity contribution >= 4 is 27.7 Å². The van der Waals surface area contributed by atoms with Crippen molar-refractivity contribution in [2.75, 3.05) is 6.61 Å². The fourth-order valence-corrected chi connectivity index (χ4v) is 2.43. The number of benzene rings is 1. The maximum atomic E-state index is 11.9. The minimum atomic E-state index is -1.05. The second-order valence-corrected chi connectivity index (χ2v) is 5.73. The Bertz CT molecular complexity index is 499. The van der Waals surface area contributed by atoms with Crippen LogP contribution in [0.3, 0.4) is 0 Å². The van der Waals surface area contributed by atoms with Crippen LogP contribution in [0.5, 0.6) is 0 Å². The first-order chi connectivity index (χ1) is 9.99. The smallest absolute Gasteiger partial charge is 0.314 e. The molecule has 4 nitrogen and oxygen atoms in total. The largest absolute Gasteiger partial charge is 0.481 e. The highest BCUT2D eigenvalue weighted by Crippen LogP contribution is 2.22. The van der Waals surface area contributed by atoms with E-state index in [0.717, 1.165) is 15.6 Å². The normalized spacial score (nSPS) is 12.1. The van der Waals surface area contributed by atoms with Crippen molar-refractivity contribution < 1.29 is 19.4 Å². The van der Waals surface area contributed by atoms with E-state index in [4.69, 9.17) is 4.74 Å². The van der Waals surface area contributed by atoms with Gasteiger partial charge in [0.2, 0.25) is 0 Å². The lowest BCUT2D eigenvalue weighted by atomic mass is 9.92. The molecule has 0 aliphatic carbocycles.